The Kier molecular flexibility index (Phi) is 8.44. The van der Waals surface area contributed by atoms with Crippen LogP contribution >= 0.6 is 0 Å². The molecule has 1 aliphatic heterocycles. The second-order valence-corrected chi connectivity index (χ2v) is 7.23. The van der Waals surface area contributed by atoms with Crippen molar-refractivity contribution in [3.8, 4) is 0 Å². The fourth-order valence-electron chi connectivity index (χ4n) is 3.75. The van der Waals surface area contributed by atoms with Gasteiger partial charge in [0.1, 0.15) is 5.92 Å². The van der Waals surface area contributed by atoms with E-state index >= 15 is 0 Å². The van der Waals surface area contributed by atoms with Crippen LogP contribution in [0, 0.1) is 5.92 Å². The number of amides is 1. The second kappa shape index (κ2) is 10.8. The minimum absolute atomic E-state index is 0.0355. The molecule has 0 atom stereocenters. The Bertz CT molecular complexity index is 723. The van der Waals surface area contributed by atoms with Gasteiger partial charge in [0.2, 0.25) is 0 Å². The molecule has 2 N–H and O–H groups in total. The molecule has 0 saturated heterocycles. The van der Waals surface area contributed by atoms with Crippen LogP contribution in [-0.2, 0) is 33.4 Å². The average Bonchev–Trinajstić information content (AvgIpc) is 3.18. The van der Waals surface area contributed by atoms with Crippen LogP contribution in [0.3, 0.4) is 0 Å². The summed E-state index contributed by atoms with van der Waals surface area (Å²) in [6.45, 7) is 6.17. The van der Waals surface area contributed by atoms with Crippen LogP contribution in [0.2, 0.25) is 0 Å². The maximum Gasteiger partial charge on any atom is 0.337 e. The van der Waals surface area contributed by atoms with E-state index in [9.17, 15) is 19.2 Å². The Morgan fingerprint density at radius 3 is 1.87 bits per heavy atom. The highest BCUT2D eigenvalue weighted by atomic mass is 16.5. The summed E-state index contributed by atoms with van der Waals surface area (Å²) in [6.07, 6.45) is 3.91. The van der Waals surface area contributed by atoms with Crippen molar-refractivity contribution in [2.75, 3.05) is 19.8 Å². The van der Waals surface area contributed by atoms with E-state index in [1.54, 1.807) is 27.7 Å². The van der Waals surface area contributed by atoms with E-state index in [2.05, 4.69) is 10.6 Å². The van der Waals surface area contributed by atoms with Crippen molar-refractivity contribution < 1.29 is 33.4 Å². The fraction of sp³-hybridized carbons (Fsp3) is 0.619. The van der Waals surface area contributed by atoms with Gasteiger partial charge in [0.15, 0.2) is 6.61 Å². The highest BCUT2D eigenvalue weighted by Gasteiger charge is 2.42. The van der Waals surface area contributed by atoms with Crippen LogP contribution in [0.25, 0.3) is 0 Å². The maximum absolute atomic E-state index is 13.0. The molecule has 0 spiro atoms. The van der Waals surface area contributed by atoms with Crippen molar-refractivity contribution >= 4 is 23.8 Å². The topological polar surface area (TPSA) is 120 Å². The Hall–Kier alpha value is -2.84. The number of nitrogens with one attached hydrogen (secondary N) is 2. The van der Waals surface area contributed by atoms with Crippen LogP contribution in [0.1, 0.15) is 53.4 Å². The molecule has 1 fully saturated rings. The van der Waals surface area contributed by atoms with Gasteiger partial charge in [-0.2, -0.15) is 0 Å². The molecule has 166 valence electrons. The van der Waals surface area contributed by atoms with Gasteiger partial charge < -0.3 is 24.8 Å². The number of rotatable bonds is 8. The molecule has 0 aromatic carbocycles. The number of allylic oxidation sites excluding steroid dienone is 2. The molecule has 1 amide bonds. The van der Waals surface area contributed by atoms with Gasteiger partial charge in [-0.3, -0.25) is 9.59 Å². The molecule has 9 nitrogen and oxygen atoms in total. The van der Waals surface area contributed by atoms with Gasteiger partial charge in [-0.15, -0.1) is 0 Å². The second-order valence-electron chi connectivity index (χ2n) is 7.23. The largest absolute Gasteiger partial charge is 0.463 e. The van der Waals surface area contributed by atoms with Crippen molar-refractivity contribution in [1.29, 1.82) is 0 Å². The lowest BCUT2D eigenvalue weighted by Gasteiger charge is -2.28. The lowest BCUT2D eigenvalue weighted by molar-refractivity contribution is -0.154. The molecule has 30 heavy (non-hydrogen) atoms. The number of dihydropyridines is 1. The standard InChI is InChI=1S/C21H30N2O7/c1-5-28-19(25)16-12(3)22-13(4)17(20(26)29-6-2)18(16)21(27)30-11-15(24)23-14-9-7-8-10-14/h14,18,22H,5-11H2,1-4H3,(H,23,24). The zero-order valence-corrected chi connectivity index (χ0v) is 18.0. The minimum atomic E-state index is -1.34. The van der Waals surface area contributed by atoms with Crippen molar-refractivity contribution in [3.63, 3.8) is 0 Å². The van der Waals surface area contributed by atoms with E-state index in [1.807, 2.05) is 0 Å². The summed E-state index contributed by atoms with van der Waals surface area (Å²) in [7, 11) is 0. The third-order valence-corrected chi connectivity index (χ3v) is 5.05. The number of carbonyl (C=O) groups excluding carboxylic acids is 4. The normalized spacial score (nSPS) is 17.5. The van der Waals surface area contributed by atoms with E-state index in [0.29, 0.717) is 11.4 Å². The zero-order chi connectivity index (χ0) is 22.3. The molecule has 2 rings (SSSR count). The summed E-state index contributed by atoms with van der Waals surface area (Å²) in [5.74, 6) is -4.13. The van der Waals surface area contributed by atoms with Gasteiger partial charge in [0, 0.05) is 17.4 Å². The SMILES string of the molecule is CCOC(=O)C1=C(C)NC(C)=C(C(=O)OCC)C1C(=O)OCC(=O)NC1CCCC1. The first-order chi connectivity index (χ1) is 14.3. The molecule has 9 heteroatoms. The number of carbonyl (C=O) groups is 4. The Labute approximate surface area is 176 Å². The first kappa shape index (κ1) is 23.4. The van der Waals surface area contributed by atoms with Crippen LogP contribution in [0.15, 0.2) is 22.5 Å². The Morgan fingerprint density at radius 1 is 0.900 bits per heavy atom. The Morgan fingerprint density at radius 2 is 1.40 bits per heavy atom. The first-order valence-corrected chi connectivity index (χ1v) is 10.3. The molecule has 0 aromatic heterocycles. The molecule has 0 aromatic rings. The monoisotopic (exact) mass is 422 g/mol. The van der Waals surface area contributed by atoms with Crippen LogP contribution in [-0.4, -0.2) is 49.7 Å². The van der Waals surface area contributed by atoms with Gasteiger partial charge in [-0.25, -0.2) is 9.59 Å². The third kappa shape index (κ3) is 5.61. The van der Waals surface area contributed by atoms with Crippen molar-refractivity contribution in [1.82, 2.24) is 10.6 Å². The molecule has 0 radical (unpaired) electrons. The first-order valence-electron chi connectivity index (χ1n) is 10.3. The summed E-state index contributed by atoms with van der Waals surface area (Å²) in [5.41, 5.74) is 0.672. The smallest absolute Gasteiger partial charge is 0.337 e. The van der Waals surface area contributed by atoms with E-state index < -0.39 is 36.3 Å². The quantitative estimate of drug-likeness (QED) is 0.446. The third-order valence-electron chi connectivity index (χ3n) is 5.05. The molecular formula is C21H30N2O7. The van der Waals surface area contributed by atoms with Crippen molar-refractivity contribution in [3.05, 3.63) is 22.5 Å². The van der Waals surface area contributed by atoms with Gasteiger partial charge in [0.05, 0.1) is 24.4 Å². The van der Waals surface area contributed by atoms with Crippen LogP contribution in [0.5, 0.6) is 0 Å². The molecule has 1 aliphatic carbocycles. The summed E-state index contributed by atoms with van der Waals surface area (Å²) in [6, 6.07) is 0.0875. The average molecular weight is 422 g/mol. The molecular weight excluding hydrogens is 392 g/mol. The molecule has 2 aliphatic rings. The molecule has 0 unspecified atom stereocenters. The van der Waals surface area contributed by atoms with Crippen LogP contribution < -0.4 is 10.6 Å². The van der Waals surface area contributed by atoms with Gasteiger partial charge in [-0.05, 0) is 40.5 Å². The molecule has 0 bridgehead atoms. The van der Waals surface area contributed by atoms with E-state index in [-0.39, 0.29) is 30.4 Å². The minimum Gasteiger partial charge on any atom is -0.463 e. The van der Waals surface area contributed by atoms with Gasteiger partial charge in [-0.1, -0.05) is 12.8 Å². The zero-order valence-electron chi connectivity index (χ0n) is 18.0. The maximum atomic E-state index is 13.0. The van der Waals surface area contributed by atoms with Gasteiger partial charge >= 0.3 is 17.9 Å². The fourth-order valence-corrected chi connectivity index (χ4v) is 3.75. The lowest BCUT2D eigenvalue weighted by Crippen LogP contribution is -2.40. The number of hydrogen-bond acceptors (Lipinski definition) is 8. The summed E-state index contributed by atoms with van der Waals surface area (Å²) < 4.78 is 15.3. The van der Waals surface area contributed by atoms with Gasteiger partial charge in [0.25, 0.3) is 5.91 Å². The predicted octanol–water partition coefficient (Wildman–Crippen LogP) is 1.48. The highest BCUT2D eigenvalue weighted by molar-refractivity contribution is 6.05. The number of ether oxygens (including phenoxy) is 3. The van der Waals surface area contributed by atoms with Crippen molar-refractivity contribution in [2.45, 2.75) is 59.4 Å². The lowest BCUT2D eigenvalue weighted by atomic mass is 9.85. The number of esters is 3. The highest BCUT2D eigenvalue weighted by Crippen LogP contribution is 2.32. The summed E-state index contributed by atoms with van der Waals surface area (Å²) in [4.78, 5) is 50.2. The predicted molar refractivity (Wildman–Crippen MR) is 107 cm³/mol. The summed E-state index contributed by atoms with van der Waals surface area (Å²) in [5, 5.41) is 5.75. The van der Waals surface area contributed by atoms with E-state index in [4.69, 9.17) is 14.2 Å². The molecule has 1 heterocycles. The Balaban J connectivity index is 2.23. The van der Waals surface area contributed by atoms with E-state index in [1.165, 1.54) is 0 Å². The summed E-state index contributed by atoms with van der Waals surface area (Å²) >= 11 is 0. The van der Waals surface area contributed by atoms with Crippen molar-refractivity contribution in [2.24, 2.45) is 5.92 Å². The van der Waals surface area contributed by atoms with E-state index in [0.717, 1.165) is 25.7 Å². The number of hydrogen-bond donors (Lipinski definition) is 2. The molecule has 1 saturated carbocycles. The van der Waals surface area contributed by atoms with Crippen LogP contribution in [0.4, 0.5) is 0 Å².